The van der Waals surface area contributed by atoms with Crippen LogP contribution in [0.2, 0.25) is 10.0 Å². The molecule has 0 aliphatic carbocycles. The third kappa shape index (κ3) is 4.41. The van der Waals surface area contributed by atoms with Gasteiger partial charge in [0.2, 0.25) is 5.01 Å². The van der Waals surface area contributed by atoms with Crippen molar-refractivity contribution in [3.63, 3.8) is 0 Å². The van der Waals surface area contributed by atoms with Crippen molar-refractivity contribution < 1.29 is 14.4 Å². The van der Waals surface area contributed by atoms with E-state index in [2.05, 4.69) is 20.5 Å². The van der Waals surface area contributed by atoms with Crippen molar-refractivity contribution in [2.45, 2.75) is 20.4 Å². The Morgan fingerprint density at radius 1 is 1.19 bits per heavy atom. The van der Waals surface area contributed by atoms with Gasteiger partial charge in [0, 0.05) is 0 Å². The van der Waals surface area contributed by atoms with Gasteiger partial charge in [-0.05, 0) is 31.5 Å². The van der Waals surface area contributed by atoms with E-state index in [4.69, 9.17) is 28.0 Å². The molecule has 2 aromatic heterocycles. The Labute approximate surface area is 167 Å². The summed E-state index contributed by atoms with van der Waals surface area (Å²) >= 11 is 13.0. The molecule has 1 N–H and O–H groups in total. The number of hydrogen-bond donors (Lipinski definition) is 1. The van der Waals surface area contributed by atoms with Crippen LogP contribution >= 0.6 is 34.5 Å². The van der Waals surface area contributed by atoms with Crippen molar-refractivity contribution in [1.82, 2.24) is 30.7 Å². The van der Waals surface area contributed by atoms with Gasteiger partial charge in [0.1, 0.15) is 5.01 Å². The predicted octanol–water partition coefficient (Wildman–Crippen LogP) is 2.60. The Balaban J connectivity index is 1.66. The van der Waals surface area contributed by atoms with Crippen LogP contribution in [0.5, 0.6) is 0 Å². The Morgan fingerprint density at radius 3 is 2.63 bits per heavy atom. The van der Waals surface area contributed by atoms with Crippen LogP contribution in [0.4, 0.5) is 0 Å². The normalized spacial score (nSPS) is 10.7. The highest BCUT2D eigenvalue weighted by atomic mass is 35.5. The first-order chi connectivity index (χ1) is 12.8. The van der Waals surface area contributed by atoms with Gasteiger partial charge >= 0.3 is 11.9 Å². The third-order valence-corrected chi connectivity index (χ3v) is 5.01. The maximum Gasteiger partial charge on any atom is 0.393 e. The Morgan fingerprint density at radius 2 is 1.96 bits per heavy atom. The number of aryl methyl sites for hydroxylation is 1. The molecule has 3 rings (SSSR count). The van der Waals surface area contributed by atoms with Crippen molar-refractivity contribution in [3.8, 4) is 0 Å². The standard InChI is InChI=1S/C15H12Cl2N6O3S/c1-7-12(13(24)21-26-15(25)14-20-18-8(2)27-14)19-22-23(7)6-9-3-4-10(16)11(17)5-9/h3-5H,6H2,1-2H3,(H,21,24). The molecule has 0 aliphatic rings. The number of aromatic nitrogens is 5. The first-order valence-electron chi connectivity index (χ1n) is 7.50. The molecule has 140 valence electrons. The minimum Gasteiger partial charge on any atom is -0.332 e. The molecule has 1 amide bonds. The number of nitrogens with one attached hydrogen (secondary N) is 1. The number of hydroxylamine groups is 1. The summed E-state index contributed by atoms with van der Waals surface area (Å²) in [6.45, 7) is 3.71. The topological polar surface area (TPSA) is 112 Å². The fraction of sp³-hybridized carbons (Fsp3) is 0.200. The molecule has 0 aliphatic heterocycles. The zero-order chi connectivity index (χ0) is 19.6. The second-order valence-electron chi connectivity index (χ2n) is 5.38. The van der Waals surface area contributed by atoms with Gasteiger partial charge in [-0.1, -0.05) is 45.8 Å². The number of carbonyl (C=O) groups is 2. The van der Waals surface area contributed by atoms with E-state index in [9.17, 15) is 9.59 Å². The summed E-state index contributed by atoms with van der Waals surface area (Å²) in [6.07, 6.45) is 0. The molecule has 0 bridgehead atoms. The first kappa shape index (κ1) is 19.2. The van der Waals surface area contributed by atoms with Crippen LogP contribution in [0.15, 0.2) is 18.2 Å². The third-order valence-electron chi connectivity index (χ3n) is 3.45. The lowest BCUT2D eigenvalue weighted by Crippen LogP contribution is -2.28. The highest BCUT2D eigenvalue weighted by Gasteiger charge is 2.20. The quantitative estimate of drug-likeness (QED) is 0.637. The van der Waals surface area contributed by atoms with E-state index in [1.807, 2.05) is 5.48 Å². The second kappa shape index (κ2) is 7.99. The van der Waals surface area contributed by atoms with Gasteiger partial charge in [0.05, 0.1) is 22.3 Å². The first-order valence-corrected chi connectivity index (χ1v) is 9.08. The molecule has 2 heterocycles. The van der Waals surface area contributed by atoms with Crippen LogP contribution < -0.4 is 5.48 Å². The predicted molar refractivity (Wildman–Crippen MR) is 97.9 cm³/mol. The highest BCUT2D eigenvalue weighted by Crippen LogP contribution is 2.23. The molecule has 0 fully saturated rings. The molecule has 12 heteroatoms. The van der Waals surface area contributed by atoms with E-state index >= 15 is 0 Å². The van der Waals surface area contributed by atoms with E-state index in [-0.39, 0.29) is 10.7 Å². The van der Waals surface area contributed by atoms with Crippen LogP contribution in [-0.4, -0.2) is 37.1 Å². The van der Waals surface area contributed by atoms with Crippen molar-refractivity contribution in [3.05, 3.63) is 55.2 Å². The lowest BCUT2D eigenvalue weighted by Gasteiger charge is -2.06. The van der Waals surface area contributed by atoms with Crippen molar-refractivity contribution in [1.29, 1.82) is 0 Å². The summed E-state index contributed by atoms with van der Waals surface area (Å²) in [5, 5.41) is 16.6. The zero-order valence-electron chi connectivity index (χ0n) is 14.1. The number of nitrogens with zero attached hydrogens (tertiary/aromatic N) is 5. The summed E-state index contributed by atoms with van der Waals surface area (Å²) in [7, 11) is 0. The summed E-state index contributed by atoms with van der Waals surface area (Å²) < 4.78 is 1.52. The number of amides is 1. The molecule has 0 saturated heterocycles. The molecule has 0 atom stereocenters. The molecular weight excluding hydrogens is 415 g/mol. The highest BCUT2D eigenvalue weighted by molar-refractivity contribution is 7.13. The second-order valence-corrected chi connectivity index (χ2v) is 7.37. The zero-order valence-corrected chi connectivity index (χ0v) is 16.4. The molecule has 3 aromatic rings. The molecule has 0 radical (unpaired) electrons. The Hall–Kier alpha value is -2.56. The van der Waals surface area contributed by atoms with Gasteiger partial charge in [-0.15, -0.1) is 15.3 Å². The molecule has 27 heavy (non-hydrogen) atoms. The Bertz CT molecular complexity index is 1020. The number of halogens is 2. The van der Waals surface area contributed by atoms with Crippen molar-refractivity contribution in [2.75, 3.05) is 0 Å². The number of carbonyl (C=O) groups excluding carboxylic acids is 2. The fourth-order valence-electron chi connectivity index (χ4n) is 2.09. The molecular formula is C15H12Cl2N6O3S. The lowest BCUT2D eigenvalue weighted by atomic mass is 10.2. The maximum atomic E-state index is 12.2. The lowest BCUT2D eigenvalue weighted by molar-refractivity contribution is 0.0226. The van der Waals surface area contributed by atoms with Gasteiger partial charge in [-0.25, -0.2) is 9.48 Å². The fourth-order valence-corrected chi connectivity index (χ4v) is 2.98. The van der Waals surface area contributed by atoms with E-state index in [0.717, 1.165) is 16.9 Å². The summed E-state index contributed by atoms with van der Waals surface area (Å²) in [5.41, 5.74) is 3.38. The smallest absolute Gasteiger partial charge is 0.332 e. The average molecular weight is 427 g/mol. The van der Waals surface area contributed by atoms with E-state index in [0.29, 0.717) is 27.3 Å². The molecule has 0 unspecified atom stereocenters. The van der Waals surface area contributed by atoms with E-state index < -0.39 is 11.9 Å². The van der Waals surface area contributed by atoms with Crippen LogP contribution in [0.3, 0.4) is 0 Å². The largest absolute Gasteiger partial charge is 0.393 e. The molecule has 0 spiro atoms. The summed E-state index contributed by atoms with van der Waals surface area (Å²) in [6, 6.07) is 5.17. The van der Waals surface area contributed by atoms with Crippen molar-refractivity contribution in [2.24, 2.45) is 0 Å². The maximum absolute atomic E-state index is 12.2. The monoisotopic (exact) mass is 426 g/mol. The van der Waals surface area contributed by atoms with Gasteiger partial charge in [-0.2, -0.15) is 5.48 Å². The summed E-state index contributed by atoms with van der Waals surface area (Å²) in [5.74, 6) is -1.52. The average Bonchev–Trinajstić information content (AvgIpc) is 3.22. The molecule has 9 nitrogen and oxygen atoms in total. The number of rotatable bonds is 4. The van der Waals surface area contributed by atoms with Gasteiger partial charge in [0.25, 0.3) is 0 Å². The SMILES string of the molecule is Cc1nnc(C(=O)ONC(=O)c2nnn(Cc3ccc(Cl)c(Cl)c3)c2C)s1. The number of benzene rings is 1. The van der Waals surface area contributed by atoms with Crippen LogP contribution in [0.25, 0.3) is 0 Å². The van der Waals surface area contributed by atoms with Gasteiger partial charge in [0.15, 0.2) is 5.69 Å². The molecule has 1 aromatic carbocycles. The molecule has 0 saturated carbocycles. The minimum absolute atomic E-state index is 0.0244. The van der Waals surface area contributed by atoms with E-state index in [1.165, 1.54) is 4.68 Å². The summed E-state index contributed by atoms with van der Waals surface area (Å²) in [4.78, 5) is 28.7. The number of hydrogen-bond acceptors (Lipinski definition) is 8. The van der Waals surface area contributed by atoms with Crippen LogP contribution in [0, 0.1) is 13.8 Å². The van der Waals surface area contributed by atoms with E-state index in [1.54, 1.807) is 32.0 Å². The van der Waals surface area contributed by atoms with Gasteiger partial charge in [-0.3, -0.25) is 4.79 Å². The minimum atomic E-state index is -0.810. The van der Waals surface area contributed by atoms with Crippen LogP contribution in [0.1, 0.15) is 36.6 Å². The Kier molecular flexibility index (Phi) is 5.68. The van der Waals surface area contributed by atoms with Gasteiger partial charge < -0.3 is 4.84 Å². The van der Waals surface area contributed by atoms with Crippen LogP contribution in [-0.2, 0) is 11.4 Å². The van der Waals surface area contributed by atoms with Crippen molar-refractivity contribution >= 4 is 46.4 Å².